The monoisotopic (exact) mass is 507 g/mol. The topological polar surface area (TPSA) is 89.3 Å². The molecule has 10 nitrogen and oxygen atoms in total. The fraction of sp³-hybridized carbons (Fsp3) is 0.519. The van der Waals surface area contributed by atoms with Crippen molar-refractivity contribution in [2.45, 2.75) is 26.9 Å². The maximum atomic E-state index is 5.63. The van der Waals surface area contributed by atoms with Crippen molar-refractivity contribution in [2.75, 3.05) is 76.6 Å². The number of anilines is 2. The summed E-state index contributed by atoms with van der Waals surface area (Å²) in [6.45, 7) is 12.4. The third-order valence-corrected chi connectivity index (χ3v) is 6.88. The van der Waals surface area contributed by atoms with Gasteiger partial charge in [-0.25, -0.2) is 9.97 Å². The number of fused-ring (bicyclic) bond motifs is 1. The highest BCUT2D eigenvalue weighted by Gasteiger charge is 2.23. The average molecular weight is 508 g/mol. The molecule has 5 rings (SSSR count). The van der Waals surface area contributed by atoms with Crippen LogP contribution in [-0.2, 0) is 27.3 Å². The predicted octanol–water partition coefficient (Wildman–Crippen LogP) is 2.89. The molecule has 198 valence electrons. The second kappa shape index (κ2) is 12.0. The quantitative estimate of drug-likeness (QED) is 0.349. The molecule has 0 saturated carbocycles. The van der Waals surface area contributed by atoms with Gasteiger partial charge in [0.15, 0.2) is 11.5 Å². The maximum Gasteiger partial charge on any atom is 0.164 e. The lowest BCUT2D eigenvalue weighted by molar-refractivity contribution is 0.0325. The van der Waals surface area contributed by atoms with Gasteiger partial charge < -0.3 is 23.7 Å². The van der Waals surface area contributed by atoms with E-state index in [1.807, 2.05) is 6.92 Å². The number of aromatic nitrogens is 3. The number of benzene rings is 1. The van der Waals surface area contributed by atoms with E-state index >= 15 is 0 Å². The van der Waals surface area contributed by atoms with Crippen LogP contribution in [0.3, 0.4) is 0 Å². The zero-order chi connectivity index (χ0) is 25.6. The van der Waals surface area contributed by atoms with Crippen LogP contribution in [-0.4, -0.2) is 91.5 Å². The van der Waals surface area contributed by atoms with Gasteiger partial charge in [0.25, 0.3) is 0 Å². The Labute approximate surface area is 218 Å². The van der Waals surface area contributed by atoms with Gasteiger partial charge in [0.1, 0.15) is 11.3 Å². The van der Waals surface area contributed by atoms with Crippen LogP contribution in [0.1, 0.15) is 23.9 Å². The van der Waals surface area contributed by atoms with E-state index in [0.717, 1.165) is 79.9 Å². The molecule has 2 aliphatic rings. The van der Waals surface area contributed by atoms with Crippen molar-refractivity contribution in [3.63, 3.8) is 0 Å². The Bertz CT molecular complexity index is 1230. The molecule has 2 aromatic heterocycles. The summed E-state index contributed by atoms with van der Waals surface area (Å²) in [5.41, 5.74) is 9.22. The minimum Gasteiger partial charge on any atom is -0.383 e. The number of aryl methyl sites for hydroxylation is 1. The fourth-order valence-corrected chi connectivity index (χ4v) is 4.79. The second-order valence-electron chi connectivity index (χ2n) is 9.54. The Balaban J connectivity index is 1.54. The molecular formula is C27H37N7O3. The number of hydrogen-bond donors (Lipinski definition) is 1. The van der Waals surface area contributed by atoms with Crippen molar-refractivity contribution in [3.8, 4) is 0 Å². The summed E-state index contributed by atoms with van der Waals surface area (Å²) < 4.78 is 18.8. The van der Waals surface area contributed by atoms with Crippen LogP contribution in [0, 0.1) is 6.92 Å². The van der Waals surface area contributed by atoms with Crippen molar-refractivity contribution in [1.82, 2.24) is 19.4 Å². The van der Waals surface area contributed by atoms with Crippen LogP contribution in [0.5, 0.6) is 0 Å². The van der Waals surface area contributed by atoms with Crippen molar-refractivity contribution in [3.05, 3.63) is 47.3 Å². The Morgan fingerprint density at radius 2 is 1.81 bits per heavy atom. The Hall–Kier alpha value is -3.05. The molecule has 2 saturated heterocycles. The van der Waals surface area contributed by atoms with E-state index in [0.29, 0.717) is 32.2 Å². The van der Waals surface area contributed by atoms with Crippen LogP contribution < -0.4 is 10.3 Å². The molecule has 0 unspecified atom stereocenters. The van der Waals surface area contributed by atoms with Crippen molar-refractivity contribution < 1.29 is 14.2 Å². The lowest BCUT2D eigenvalue weighted by atomic mass is 10.1. The summed E-state index contributed by atoms with van der Waals surface area (Å²) >= 11 is 0. The molecule has 0 atom stereocenters. The number of nitrogens with one attached hydrogen (secondary N) is 1. The van der Waals surface area contributed by atoms with Gasteiger partial charge >= 0.3 is 0 Å². The standard InChI is InChI=1S/C27H37N7O3/c1-20-5-4-6-22(17-20)21(2)30-31-24-18-23(33-9-15-37-16-10-33)26-27(28-24)34(11-12-35-3)25(29-26)19-32-7-13-36-14-8-32/h4-6,17-18H,7-16,19H2,1-3H3,(H,28,31)/b30-21+. The Morgan fingerprint density at radius 3 is 2.54 bits per heavy atom. The third-order valence-electron chi connectivity index (χ3n) is 6.88. The molecule has 4 heterocycles. The van der Waals surface area contributed by atoms with Crippen molar-refractivity contribution in [2.24, 2.45) is 5.10 Å². The number of pyridine rings is 1. The van der Waals surface area contributed by atoms with E-state index in [2.05, 4.69) is 62.1 Å². The first-order chi connectivity index (χ1) is 18.1. The molecule has 0 bridgehead atoms. The zero-order valence-electron chi connectivity index (χ0n) is 22.1. The molecule has 10 heteroatoms. The van der Waals surface area contributed by atoms with Crippen molar-refractivity contribution in [1.29, 1.82) is 0 Å². The summed E-state index contributed by atoms with van der Waals surface area (Å²) in [7, 11) is 1.73. The number of rotatable bonds is 9. The molecule has 3 aromatic rings. The summed E-state index contributed by atoms with van der Waals surface area (Å²) in [6.07, 6.45) is 0. The summed E-state index contributed by atoms with van der Waals surface area (Å²) in [6, 6.07) is 10.4. The Kier molecular flexibility index (Phi) is 8.30. The molecule has 0 radical (unpaired) electrons. The molecule has 2 fully saturated rings. The van der Waals surface area contributed by atoms with Gasteiger partial charge in [0.05, 0.1) is 51.0 Å². The molecule has 1 N–H and O–H groups in total. The van der Waals surface area contributed by atoms with Gasteiger partial charge in [-0.1, -0.05) is 29.8 Å². The maximum absolute atomic E-state index is 5.63. The third kappa shape index (κ3) is 6.10. The summed E-state index contributed by atoms with van der Waals surface area (Å²) in [5, 5.41) is 4.68. The number of hydrazone groups is 1. The molecule has 0 amide bonds. The van der Waals surface area contributed by atoms with E-state index in [1.54, 1.807) is 7.11 Å². The smallest absolute Gasteiger partial charge is 0.164 e. The van der Waals surface area contributed by atoms with Gasteiger partial charge in [-0.15, -0.1) is 0 Å². The number of hydrogen-bond acceptors (Lipinski definition) is 9. The number of nitrogens with zero attached hydrogens (tertiary/aromatic N) is 6. The molecule has 2 aliphatic heterocycles. The number of methoxy groups -OCH3 is 1. The summed E-state index contributed by atoms with van der Waals surface area (Å²) in [4.78, 5) is 14.9. The summed E-state index contributed by atoms with van der Waals surface area (Å²) in [5.74, 6) is 1.69. The normalized spacial score (nSPS) is 17.5. The van der Waals surface area contributed by atoms with Gasteiger partial charge in [0.2, 0.25) is 0 Å². The molecule has 37 heavy (non-hydrogen) atoms. The van der Waals surface area contributed by atoms with Gasteiger partial charge in [0, 0.05) is 45.9 Å². The first-order valence-corrected chi connectivity index (χ1v) is 13.0. The molecular weight excluding hydrogens is 470 g/mol. The van der Waals surface area contributed by atoms with Crippen LogP contribution in [0.25, 0.3) is 11.2 Å². The molecule has 1 aromatic carbocycles. The number of imidazole rings is 1. The number of ether oxygens (including phenoxy) is 3. The Morgan fingerprint density at radius 1 is 1.05 bits per heavy atom. The minimum absolute atomic E-state index is 0.582. The van der Waals surface area contributed by atoms with Crippen LogP contribution in [0.2, 0.25) is 0 Å². The lowest BCUT2D eigenvalue weighted by Crippen LogP contribution is -2.36. The predicted molar refractivity (Wildman–Crippen MR) is 146 cm³/mol. The highest BCUT2D eigenvalue weighted by molar-refractivity contribution is 5.99. The average Bonchev–Trinajstić information content (AvgIpc) is 3.27. The lowest BCUT2D eigenvalue weighted by Gasteiger charge is -2.29. The minimum atomic E-state index is 0.582. The second-order valence-corrected chi connectivity index (χ2v) is 9.54. The number of morpholine rings is 2. The fourth-order valence-electron chi connectivity index (χ4n) is 4.79. The highest BCUT2D eigenvalue weighted by atomic mass is 16.5. The zero-order valence-corrected chi connectivity index (χ0v) is 22.1. The van der Waals surface area contributed by atoms with Gasteiger partial charge in [-0.05, 0) is 19.4 Å². The van der Waals surface area contributed by atoms with E-state index in [-0.39, 0.29) is 0 Å². The van der Waals surface area contributed by atoms with E-state index in [4.69, 9.17) is 24.2 Å². The van der Waals surface area contributed by atoms with E-state index < -0.39 is 0 Å². The van der Waals surface area contributed by atoms with Crippen LogP contribution in [0.15, 0.2) is 35.4 Å². The first kappa shape index (κ1) is 25.6. The van der Waals surface area contributed by atoms with Crippen LogP contribution in [0.4, 0.5) is 11.5 Å². The SMILES string of the molecule is COCCn1c(CN2CCOCC2)nc2c(N3CCOCC3)cc(N/N=C(\C)c3cccc(C)c3)nc21. The molecule has 0 spiro atoms. The van der Waals surface area contributed by atoms with Gasteiger partial charge in [-0.3, -0.25) is 10.3 Å². The van der Waals surface area contributed by atoms with Gasteiger partial charge in [-0.2, -0.15) is 5.10 Å². The van der Waals surface area contributed by atoms with Crippen molar-refractivity contribution >= 4 is 28.4 Å². The van der Waals surface area contributed by atoms with E-state index in [1.165, 1.54) is 5.56 Å². The van der Waals surface area contributed by atoms with E-state index in [9.17, 15) is 0 Å². The largest absolute Gasteiger partial charge is 0.383 e. The highest BCUT2D eigenvalue weighted by Crippen LogP contribution is 2.30. The van der Waals surface area contributed by atoms with Crippen LogP contribution >= 0.6 is 0 Å². The first-order valence-electron chi connectivity index (χ1n) is 13.0. The molecule has 0 aliphatic carbocycles.